The predicted octanol–water partition coefficient (Wildman–Crippen LogP) is 7.71. The molecule has 1 aliphatic carbocycles. The molecule has 0 spiro atoms. The number of ether oxygens (including phenoxy) is 1. The lowest BCUT2D eigenvalue weighted by atomic mass is 9.78. The molecule has 0 atom stereocenters. The third kappa shape index (κ3) is 4.16. The molecule has 1 aliphatic rings. The minimum Gasteiger partial charge on any atom is -0.435 e. The van der Waals surface area contributed by atoms with E-state index in [0.29, 0.717) is 28.3 Å². The van der Waals surface area contributed by atoms with Crippen molar-refractivity contribution in [2.24, 2.45) is 5.92 Å². The van der Waals surface area contributed by atoms with Gasteiger partial charge >= 0.3 is 6.61 Å². The number of allylic oxidation sites excluding steroid dienone is 1. The van der Waals surface area contributed by atoms with Crippen molar-refractivity contribution >= 4 is 10.8 Å². The van der Waals surface area contributed by atoms with Gasteiger partial charge in [0.05, 0.1) is 0 Å². The molecule has 29 heavy (non-hydrogen) atoms. The van der Waals surface area contributed by atoms with Gasteiger partial charge in [0.25, 0.3) is 0 Å². The van der Waals surface area contributed by atoms with Crippen LogP contribution in [-0.2, 0) is 0 Å². The number of benzene rings is 3. The van der Waals surface area contributed by atoms with Gasteiger partial charge in [0.15, 0.2) is 0 Å². The average molecular weight is 396 g/mol. The van der Waals surface area contributed by atoms with E-state index >= 15 is 4.39 Å². The molecule has 1 fully saturated rings. The summed E-state index contributed by atoms with van der Waals surface area (Å²) in [5.41, 5.74) is 2.33. The molecule has 0 aliphatic heterocycles. The van der Waals surface area contributed by atoms with E-state index in [1.807, 2.05) is 18.2 Å². The van der Waals surface area contributed by atoms with E-state index in [9.17, 15) is 8.78 Å². The van der Waals surface area contributed by atoms with Gasteiger partial charge in [-0.05, 0) is 66.2 Å². The largest absolute Gasteiger partial charge is 0.435 e. The van der Waals surface area contributed by atoms with Crippen LogP contribution in [0.15, 0.2) is 67.3 Å². The quantitative estimate of drug-likeness (QED) is 0.401. The van der Waals surface area contributed by atoms with Crippen LogP contribution in [0.2, 0.25) is 0 Å². The van der Waals surface area contributed by atoms with Crippen LogP contribution >= 0.6 is 0 Å². The Morgan fingerprint density at radius 2 is 1.66 bits per heavy atom. The molecule has 3 aromatic rings. The smallest absolute Gasteiger partial charge is 0.387 e. The van der Waals surface area contributed by atoms with Crippen molar-refractivity contribution < 1.29 is 17.9 Å². The molecule has 0 bridgehead atoms. The molecule has 0 N–H and O–H groups in total. The molecule has 1 nitrogen and oxygen atoms in total. The van der Waals surface area contributed by atoms with Gasteiger partial charge < -0.3 is 4.74 Å². The Morgan fingerprint density at radius 3 is 2.31 bits per heavy atom. The number of fused-ring (bicyclic) bond motifs is 1. The van der Waals surface area contributed by atoms with Crippen LogP contribution in [0.3, 0.4) is 0 Å². The van der Waals surface area contributed by atoms with Crippen LogP contribution < -0.4 is 4.74 Å². The van der Waals surface area contributed by atoms with E-state index in [1.54, 1.807) is 18.2 Å². The van der Waals surface area contributed by atoms with Gasteiger partial charge in [-0.1, -0.05) is 48.5 Å². The fraction of sp³-hybridized carbons (Fsp3) is 0.280. The zero-order valence-corrected chi connectivity index (χ0v) is 16.1. The third-order valence-electron chi connectivity index (χ3n) is 5.95. The predicted molar refractivity (Wildman–Crippen MR) is 111 cm³/mol. The van der Waals surface area contributed by atoms with E-state index in [2.05, 4.69) is 23.5 Å². The Labute approximate surface area is 168 Å². The second-order valence-corrected chi connectivity index (χ2v) is 7.66. The molecule has 3 aromatic carbocycles. The van der Waals surface area contributed by atoms with Gasteiger partial charge in [0, 0.05) is 10.9 Å². The average Bonchev–Trinajstić information content (AvgIpc) is 2.74. The maximum absolute atomic E-state index is 15.2. The van der Waals surface area contributed by atoms with E-state index in [4.69, 9.17) is 0 Å². The zero-order valence-electron chi connectivity index (χ0n) is 16.1. The van der Waals surface area contributed by atoms with Gasteiger partial charge in [-0.3, -0.25) is 0 Å². The first kappa shape index (κ1) is 19.6. The van der Waals surface area contributed by atoms with Crippen LogP contribution in [0.5, 0.6) is 5.75 Å². The highest BCUT2D eigenvalue weighted by molar-refractivity contribution is 5.89. The summed E-state index contributed by atoms with van der Waals surface area (Å²) in [4.78, 5) is 0. The van der Waals surface area contributed by atoms with E-state index in [-0.39, 0.29) is 11.6 Å². The van der Waals surface area contributed by atoms with Gasteiger partial charge in [0.1, 0.15) is 11.6 Å². The maximum atomic E-state index is 15.2. The van der Waals surface area contributed by atoms with Gasteiger partial charge in [-0.15, -0.1) is 6.58 Å². The lowest BCUT2D eigenvalue weighted by molar-refractivity contribution is -0.0498. The molecule has 150 valence electrons. The molecule has 0 unspecified atom stereocenters. The Morgan fingerprint density at radius 1 is 0.931 bits per heavy atom. The van der Waals surface area contributed by atoms with Crippen molar-refractivity contribution in [2.75, 3.05) is 0 Å². The third-order valence-corrected chi connectivity index (χ3v) is 5.95. The molecule has 0 heterocycles. The monoisotopic (exact) mass is 396 g/mol. The number of alkyl halides is 2. The lowest BCUT2D eigenvalue weighted by Gasteiger charge is -2.27. The molecule has 0 radical (unpaired) electrons. The summed E-state index contributed by atoms with van der Waals surface area (Å²) in [6, 6.07) is 15.7. The maximum Gasteiger partial charge on any atom is 0.387 e. The first-order chi connectivity index (χ1) is 14.0. The van der Waals surface area contributed by atoms with E-state index < -0.39 is 6.61 Å². The standard InChI is InChI=1S/C25H23F3O/c1-2-16-3-5-17(6-4-16)19-9-13-23-20(15-19)10-14-22(24(23)26)18-7-11-21(12-8-18)29-25(27)28/h2,7-17,25H,1,3-6H2. The van der Waals surface area contributed by atoms with Crippen LogP contribution in [0, 0.1) is 11.7 Å². The number of halogens is 3. The number of hydrogen-bond donors (Lipinski definition) is 0. The minimum atomic E-state index is -2.88. The van der Waals surface area contributed by atoms with Crippen molar-refractivity contribution in [1.82, 2.24) is 0 Å². The molecule has 4 rings (SSSR count). The topological polar surface area (TPSA) is 9.23 Å². The Kier molecular flexibility index (Phi) is 5.61. The molecular formula is C25H23F3O. The summed E-state index contributed by atoms with van der Waals surface area (Å²) < 4.78 is 44.1. The van der Waals surface area contributed by atoms with Crippen molar-refractivity contribution in [3.05, 3.63) is 78.6 Å². The second-order valence-electron chi connectivity index (χ2n) is 7.66. The van der Waals surface area contributed by atoms with Gasteiger partial charge in [-0.2, -0.15) is 8.78 Å². The Balaban J connectivity index is 1.60. The van der Waals surface area contributed by atoms with E-state index in [1.165, 1.54) is 17.7 Å². The van der Waals surface area contributed by atoms with Gasteiger partial charge in [-0.25, -0.2) is 4.39 Å². The summed E-state index contributed by atoms with van der Waals surface area (Å²) in [5, 5.41) is 1.45. The highest BCUT2D eigenvalue weighted by atomic mass is 19.3. The molecular weight excluding hydrogens is 373 g/mol. The molecule has 0 saturated heterocycles. The first-order valence-electron chi connectivity index (χ1n) is 9.95. The molecule has 4 heteroatoms. The molecule has 0 amide bonds. The van der Waals surface area contributed by atoms with Crippen molar-refractivity contribution in [3.8, 4) is 16.9 Å². The SMILES string of the molecule is C=CC1CCC(c2ccc3c(F)c(-c4ccc(OC(F)F)cc4)ccc3c2)CC1. The highest BCUT2D eigenvalue weighted by Gasteiger charge is 2.21. The number of rotatable bonds is 5. The molecule has 1 saturated carbocycles. The summed E-state index contributed by atoms with van der Waals surface area (Å²) in [7, 11) is 0. The highest BCUT2D eigenvalue weighted by Crippen LogP contribution is 2.38. The summed E-state index contributed by atoms with van der Waals surface area (Å²) >= 11 is 0. The van der Waals surface area contributed by atoms with E-state index in [0.717, 1.165) is 31.1 Å². The van der Waals surface area contributed by atoms with Gasteiger partial charge in [0.2, 0.25) is 0 Å². The minimum absolute atomic E-state index is 0.0563. The normalized spacial score (nSPS) is 19.4. The fourth-order valence-corrected chi connectivity index (χ4v) is 4.29. The van der Waals surface area contributed by atoms with Crippen LogP contribution in [-0.4, -0.2) is 6.61 Å². The Hall–Kier alpha value is -2.75. The second kappa shape index (κ2) is 8.32. The van der Waals surface area contributed by atoms with Crippen LogP contribution in [0.25, 0.3) is 21.9 Å². The summed E-state index contributed by atoms with van der Waals surface area (Å²) in [6.07, 6.45) is 6.64. The summed E-state index contributed by atoms with van der Waals surface area (Å²) in [5.74, 6) is 0.887. The lowest BCUT2D eigenvalue weighted by Crippen LogP contribution is -2.11. The Bertz CT molecular complexity index is 1000. The van der Waals surface area contributed by atoms with Crippen LogP contribution in [0.4, 0.5) is 13.2 Å². The fourth-order valence-electron chi connectivity index (χ4n) is 4.29. The van der Waals surface area contributed by atoms with Crippen LogP contribution in [0.1, 0.15) is 37.2 Å². The summed E-state index contributed by atoms with van der Waals surface area (Å²) in [6.45, 7) is 1.03. The van der Waals surface area contributed by atoms with Crippen molar-refractivity contribution in [2.45, 2.75) is 38.2 Å². The van der Waals surface area contributed by atoms with Crippen molar-refractivity contribution in [1.29, 1.82) is 0 Å². The zero-order chi connectivity index (χ0) is 20.4. The van der Waals surface area contributed by atoms with Crippen molar-refractivity contribution in [3.63, 3.8) is 0 Å². The number of hydrogen-bond acceptors (Lipinski definition) is 1. The first-order valence-corrected chi connectivity index (χ1v) is 9.95. The molecule has 0 aromatic heterocycles.